The van der Waals surface area contributed by atoms with E-state index in [1.165, 1.54) is 5.56 Å². The molecular formula is C30H34N6O3. The number of hydrogen-bond acceptors (Lipinski definition) is 7. The Morgan fingerprint density at radius 3 is 2.64 bits per heavy atom. The first-order valence-electron chi connectivity index (χ1n) is 13.0. The number of rotatable bonds is 9. The van der Waals surface area contributed by atoms with E-state index in [0.717, 1.165) is 17.5 Å². The van der Waals surface area contributed by atoms with E-state index >= 15 is 0 Å². The number of amides is 1. The Kier molecular flexibility index (Phi) is 7.34. The fourth-order valence-electron chi connectivity index (χ4n) is 4.73. The second-order valence-electron chi connectivity index (χ2n) is 10.6. The van der Waals surface area contributed by atoms with E-state index in [-0.39, 0.29) is 17.7 Å². The minimum Gasteiger partial charge on any atom is -0.476 e. The maximum Gasteiger partial charge on any atom is 0.262 e. The first-order chi connectivity index (χ1) is 18.7. The molecule has 1 unspecified atom stereocenters. The van der Waals surface area contributed by atoms with Crippen LogP contribution in [0.25, 0.3) is 11.3 Å². The van der Waals surface area contributed by atoms with E-state index in [1.54, 1.807) is 16.9 Å². The van der Waals surface area contributed by atoms with Crippen LogP contribution in [0.2, 0.25) is 0 Å². The van der Waals surface area contributed by atoms with Crippen molar-refractivity contribution in [3.63, 3.8) is 0 Å². The molecule has 1 aliphatic rings. The van der Waals surface area contributed by atoms with Gasteiger partial charge in [0.1, 0.15) is 23.6 Å². The zero-order valence-electron chi connectivity index (χ0n) is 23.0. The summed E-state index contributed by atoms with van der Waals surface area (Å²) in [6.07, 6.45) is 4.38. The van der Waals surface area contributed by atoms with Crippen molar-refractivity contribution >= 4 is 11.7 Å². The highest BCUT2D eigenvalue weighted by atomic mass is 16.5. The lowest BCUT2D eigenvalue weighted by molar-refractivity contribution is 0.102. The quantitative estimate of drug-likeness (QED) is 0.341. The Morgan fingerprint density at radius 1 is 1.13 bits per heavy atom. The number of anilines is 1. The minimum atomic E-state index is -0.499. The summed E-state index contributed by atoms with van der Waals surface area (Å²) in [6.45, 7) is 5.17. The number of hydrogen-bond donors (Lipinski definition) is 1. The third-order valence-electron chi connectivity index (χ3n) is 6.85. The molecule has 9 nitrogen and oxygen atoms in total. The van der Waals surface area contributed by atoms with E-state index in [1.807, 2.05) is 68.6 Å². The van der Waals surface area contributed by atoms with Crippen molar-refractivity contribution in [2.24, 2.45) is 7.05 Å². The Morgan fingerprint density at radius 2 is 1.92 bits per heavy atom. The van der Waals surface area contributed by atoms with Gasteiger partial charge in [-0.15, -0.1) is 0 Å². The molecule has 0 saturated carbocycles. The number of aromatic nitrogens is 4. The van der Waals surface area contributed by atoms with Gasteiger partial charge in [0, 0.05) is 36.8 Å². The number of ether oxygens (including phenoxy) is 2. The number of fused-ring (bicyclic) bond motifs is 1. The summed E-state index contributed by atoms with van der Waals surface area (Å²) in [5.41, 5.74) is 3.52. The number of aryl methyl sites for hydroxylation is 1. The molecule has 1 atom stereocenters. The van der Waals surface area contributed by atoms with Crippen LogP contribution in [0.15, 0.2) is 67.0 Å². The third kappa shape index (κ3) is 5.93. The standard InChI is InChI=1S/C30H34N6O3/c1-30(2)24(16-20-10-7-6-8-11-20)22-17-23(28(34-29(22)39-30)38-15-14-35(3)4)27(37)33-26-13-9-12-25(32-26)21-18-31-36(5)19-21/h6-13,17-19,24H,14-16H2,1-5H3,(H,32,33,37). The molecule has 4 aromatic rings. The van der Waals surface area contributed by atoms with Gasteiger partial charge < -0.3 is 19.7 Å². The average Bonchev–Trinajstić information content (AvgIpc) is 3.44. The number of nitrogens with one attached hydrogen (secondary N) is 1. The Bertz CT molecular complexity index is 1460. The second-order valence-corrected chi connectivity index (χ2v) is 10.6. The number of likely N-dealkylation sites (N-methyl/N-ethyl adjacent to an activating group) is 1. The molecule has 1 N–H and O–H groups in total. The number of benzene rings is 1. The SMILES string of the molecule is CN(C)CCOc1nc2c(cc1C(=O)Nc1cccc(-c3cnn(C)c3)n1)C(Cc1ccccc1)C(C)(C)O2. The Hall–Kier alpha value is -4.24. The summed E-state index contributed by atoms with van der Waals surface area (Å²) >= 11 is 0. The maximum atomic E-state index is 13.7. The van der Waals surface area contributed by atoms with Gasteiger partial charge in [-0.1, -0.05) is 36.4 Å². The van der Waals surface area contributed by atoms with Crippen molar-refractivity contribution in [3.05, 3.63) is 83.7 Å². The lowest BCUT2D eigenvalue weighted by Gasteiger charge is -2.26. The Balaban J connectivity index is 1.47. The molecule has 0 spiro atoms. The predicted octanol–water partition coefficient (Wildman–Crippen LogP) is 4.57. The van der Waals surface area contributed by atoms with Crippen LogP contribution in [0.5, 0.6) is 11.8 Å². The minimum absolute atomic E-state index is 0.0109. The summed E-state index contributed by atoms with van der Waals surface area (Å²) in [5, 5.41) is 7.16. The average molecular weight is 527 g/mol. The molecular weight excluding hydrogens is 492 g/mol. The van der Waals surface area contributed by atoms with Gasteiger partial charge in [0.2, 0.25) is 11.8 Å². The molecule has 0 saturated heterocycles. The topological polar surface area (TPSA) is 94.4 Å². The highest BCUT2D eigenvalue weighted by Crippen LogP contribution is 2.47. The monoisotopic (exact) mass is 526 g/mol. The van der Waals surface area contributed by atoms with Gasteiger partial charge >= 0.3 is 0 Å². The summed E-state index contributed by atoms with van der Waals surface area (Å²) in [7, 11) is 5.78. The van der Waals surface area contributed by atoms with Crippen molar-refractivity contribution in [2.75, 3.05) is 32.6 Å². The smallest absolute Gasteiger partial charge is 0.262 e. The maximum absolute atomic E-state index is 13.7. The van der Waals surface area contributed by atoms with Gasteiger partial charge in [0.25, 0.3) is 5.91 Å². The molecule has 0 fully saturated rings. The van der Waals surface area contributed by atoms with Crippen molar-refractivity contribution in [1.29, 1.82) is 0 Å². The van der Waals surface area contributed by atoms with E-state index in [2.05, 4.69) is 41.4 Å². The first-order valence-corrected chi connectivity index (χ1v) is 13.0. The summed E-state index contributed by atoms with van der Waals surface area (Å²) in [5.74, 6) is 0.848. The van der Waals surface area contributed by atoms with Crippen LogP contribution in [0, 0.1) is 0 Å². The van der Waals surface area contributed by atoms with Crippen LogP contribution in [-0.4, -0.2) is 63.4 Å². The highest BCUT2D eigenvalue weighted by molar-refractivity contribution is 6.05. The lowest BCUT2D eigenvalue weighted by Crippen LogP contribution is -2.31. The van der Waals surface area contributed by atoms with Crippen molar-refractivity contribution in [2.45, 2.75) is 31.8 Å². The summed E-state index contributed by atoms with van der Waals surface area (Å²) in [6, 6.07) is 17.6. The zero-order chi connectivity index (χ0) is 27.6. The van der Waals surface area contributed by atoms with Crippen molar-refractivity contribution < 1.29 is 14.3 Å². The van der Waals surface area contributed by atoms with Crippen LogP contribution >= 0.6 is 0 Å². The number of carbonyl (C=O) groups excluding carboxylic acids is 1. The molecule has 4 heterocycles. The van der Waals surface area contributed by atoms with Crippen LogP contribution in [0.3, 0.4) is 0 Å². The fourth-order valence-corrected chi connectivity index (χ4v) is 4.73. The van der Waals surface area contributed by atoms with E-state index in [4.69, 9.17) is 14.5 Å². The molecule has 9 heteroatoms. The van der Waals surface area contributed by atoms with Crippen LogP contribution in [-0.2, 0) is 13.5 Å². The normalized spacial score (nSPS) is 15.6. The number of pyridine rings is 2. The molecule has 1 amide bonds. The van der Waals surface area contributed by atoms with Gasteiger partial charge in [-0.05, 0) is 58.1 Å². The van der Waals surface area contributed by atoms with Crippen LogP contribution in [0.1, 0.15) is 41.3 Å². The molecule has 39 heavy (non-hydrogen) atoms. The molecule has 3 aromatic heterocycles. The van der Waals surface area contributed by atoms with Gasteiger partial charge in [0.05, 0.1) is 11.9 Å². The van der Waals surface area contributed by atoms with Gasteiger partial charge in [0.15, 0.2) is 0 Å². The molecule has 0 radical (unpaired) electrons. The summed E-state index contributed by atoms with van der Waals surface area (Å²) in [4.78, 5) is 25.0. The lowest BCUT2D eigenvalue weighted by atomic mass is 9.82. The van der Waals surface area contributed by atoms with E-state index in [0.29, 0.717) is 36.1 Å². The van der Waals surface area contributed by atoms with Crippen molar-refractivity contribution in [1.82, 2.24) is 24.6 Å². The molecule has 0 aliphatic carbocycles. The van der Waals surface area contributed by atoms with Crippen molar-refractivity contribution in [3.8, 4) is 23.0 Å². The Labute approximate surface area is 228 Å². The van der Waals surface area contributed by atoms with Crippen LogP contribution < -0.4 is 14.8 Å². The van der Waals surface area contributed by atoms with Gasteiger partial charge in [-0.3, -0.25) is 9.48 Å². The van der Waals surface area contributed by atoms with Gasteiger partial charge in [-0.25, -0.2) is 4.98 Å². The van der Waals surface area contributed by atoms with Gasteiger partial charge in [-0.2, -0.15) is 10.1 Å². The molecule has 202 valence electrons. The predicted molar refractivity (Wildman–Crippen MR) is 150 cm³/mol. The molecule has 1 aliphatic heterocycles. The zero-order valence-corrected chi connectivity index (χ0v) is 23.0. The summed E-state index contributed by atoms with van der Waals surface area (Å²) < 4.78 is 14.1. The highest BCUT2D eigenvalue weighted by Gasteiger charge is 2.43. The van der Waals surface area contributed by atoms with E-state index < -0.39 is 5.60 Å². The molecule has 1 aromatic carbocycles. The molecule has 5 rings (SSSR count). The number of nitrogens with zero attached hydrogens (tertiary/aromatic N) is 5. The molecule has 0 bridgehead atoms. The number of carbonyl (C=O) groups is 1. The third-order valence-corrected chi connectivity index (χ3v) is 6.85. The second kappa shape index (κ2) is 10.9. The fraction of sp³-hybridized carbons (Fsp3) is 0.333. The first kappa shape index (κ1) is 26.4. The van der Waals surface area contributed by atoms with E-state index in [9.17, 15) is 4.79 Å². The van der Waals surface area contributed by atoms with Crippen LogP contribution in [0.4, 0.5) is 5.82 Å². The largest absolute Gasteiger partial charge is 0.476 e.